The Bertz CT molecular complexity index is 1260. The molecule has 5 rings (SSSR count). The Labute approximate surface area is 191 Å². The van der Waals surface area contributed by atoms with Gasteiger partial charge < -0.3 is 19.3 Å². The molecule has 3 aromatic rings. The van der Waals surface area contributed by atoms with Crippen LogP contribution in [0.2, 0.25) is 0 Å². The van der Waals surface area contributed by atoms with Gasteiger partial charge in [-0.2, -0.15) is 4.31 Å². The molecule has 2 aliphatic rings. The molecule has 0 unspecified atom stereocenters. The van der Waals surface area contributed by atoms with Gasteiger partial charge in [-0.05, 0) is 55.3 Å². The van der Waals surface area contributed by atoms with E-state index in [4.69, 9.17) is 14.0 Å². The van der Waals surface area contributed by atoms with Crippen molar-refractivity contribution in [3.8, 4) is 22.8 Å². The first-order valence-corrected chi connectivity index (χ1v) is 12.2. The van der Waals surface area contributed by atoms with E-state index in [1.165, 1.54) is 28.6 Å². The largest absolute Gasteiger partial charge is 0.486 e. The van der Waals surface area contributed by atoms with Crippen LogP contribution in [0, 0.1) is 0 Å². The molecule has 0 bridgehead atoms. The third-order valence-corrected chi connectivity index (χ3v) is 7.55. The fourth-order valence-corrected chi connectivity index (χ4v) is 5.37. The highest BCUT2D eigenvalue weighted by atomic mass is 32.2. The Morgan fingerprint density at radius 2 is 1.70 bits per heavy atom. The van der Waals surface area contributed by atoms with Crippen LogP contribution in [0.3, 0.4) is 0 Å². The van der Waals surface area contributed by atoms with Gasteiger partial charge in [0.2, 0.25) is 10.0 Å². The SMILES string of the molecule is O=C(NCc1cc(-c2ccc3c(c2)OCCO3)on1)c1ccc(S(=O)(=O)N2CCCC2)cc1. The fourth-order valence-electron chi connectivity index (χ4n) is 3.86. The molecule has 1 aromatic heterocycles. The summed E-state index contributed by atoms with van der Waals surface area (Å²) in [6, 6.07) is 13.2. The molecule has 0 radical (unpaired) electrons. The zero-order valence-electron chi connectivity index (χ0n) is 17.8. The monoisotopic (exact) mass is 469 g/mol. The second-order valence-electron chi connectivity index (χ2n) is 7.86. The molecule has 0 aliphatic carbocycles. The predicted octanol–water partition coefficient (Wildman–Crippen LogP) is 2.83. The minimum absolute atomic E-state index is 0.167. The molecule has 2 aliphatic heterocycles. The molecule has 1 amide bonds. The van der Waals surface area contributed by atoms with E-state index in [0.29, 0.717) is 54.8 Å². The first-order chi connectivity index (χ1) is 16.0. The molecule has 1 fully saturated rings. The molecule has 0 atom stereocenters. The van der Waals surface area contributed by atoms with Gasteiger partial charge in [0.05, 0.1) is 11.4 Å². The maximum atomic E-state index is 12.6. The van der Waals surface area contributed by atoms with Gasteiger partial charge in [-0.1, -0.05) is 5.16 Å². The third-order valence-electron chi connectivity index (χ3n) is 5.64. The number of aromatic nitrogens is 1. The van der Waals surface area contributed by atoms with Crippen molar-refractivity contribution < 1.29 is 27.2 Å². The van der Waals surface area contributed by atoms with Crippen molar-refractivity contribution in [2.75, 3.05) is 26.3 Å². The Morgan fingerprint density at radius 1 is 0.970 bits per heavy atom. The number of carbonyl (C=O) groups is 1. The van der Waals surface area contributed by atoms with Crippen LogP contribution in [0.5, 0.6) is 11.5 Å². The number of rotatable bonds is 6. The molecule has 0 spiro atoms. The van der Waals surface area contributed by atoms with Crippen molar-refractivity contribution in [1.82, 2.24) is 14.8 Å². The van der Waals surface area contributed by atoms with E-state index in [2.05, 4.69) is 10.5 Å². The number of ether oxygens (including phenoxy) is 2. The van der Waals surface area contributed by atoms with Gasteiger partial charge in [-0.15, -0.1) is 0 Å². The predicted molar refractivity (Wildman–Crippen MR) is 119 cm³/mol. The summed E-state index contributed by atoms with van der Waals surface area (Å²) in [5, 5.41) is 6.79. The molecule has 10 heteroatoms. The first kappa shape index (κ1) is 21.5. The minimum atomic E-state index is -3.50. The van der Waals surface area contributed by atoms with Gasteiger partial charge >= 0.3 is 0 Å². The maximum Gasteiger partial charge on any atom is 0.251 e. The van der Waals surface area contributed by atoms with Crippen molar-refractivity contribution in [2.24, 2.45) is 0 Å². The lowest BCUT2D eigenvalue weighted by Gasteiger charge is -2.18. The normalized spacial score (nSPS) is 16.0. The number of hydrogen-bond acceptors (Lipinski definition) is 7. The molecular weight excluding hydrogens is 446 g/mol. The van der Waals surface area contributed by atoms with Crippen molar-refractivity contribution in [3.63, 3.8) is 0 Å². The van der Waals surface area contributed by atoms with Crippen molar-refractivity contribution in [3.05, 3.63) is 59.8 Å². The van der Waals surface area contributed by atoms with E-state index >= 15 is 0 Å². The van der Waals surface area contributed by atoms with Crippen LogP contribution >= 0.6 is 0 Å². The summed E-state index contributed by atoms with van der Waals surface area (Å²) >= 11 is 0. The number of carbonyl (C=O) groups excluding carboxylic acids is 1. The van der Waals surface area contributed by atoms with Crippen molar-refractivity contribution in [1.29, 1.82) is 0 Å². The standard InChI is InChI=1S/C23H23N3O6S/c27-23(16-3-6-19(7-4-16)33(28,29)26-9-1-2-10-26)24-15-18-14-21(32-25-18)17-5-8-20-22(13-17)31-12-11-30-20/h3-8,13-14H,1-2,9-12,15H2,(H,24,27). The topological polar surface area (TPSA) is 111 Å². The molecule has 1 saturated heterocycles. The lowest BCUT2D eigenvalue weighted by Crippen LogP contribution is -2.28. The molecule has 172 valence electrons. The number of amides is 1. The van der Waals surface area contributed by atoms with E-state index in [1.807, 2.05) is 18.2 Å². The Hall–Kier alpha value is -3.37. The van der Waals surface area contributed by atoms with Crippen LogP contribution in [0.25, 0.3) is 11.3 Å². The van der Waals surface area contributed by atoms with E-state index < -0.39 is 10.0 Å². The highest BCUT2D eigenvalue weighted by Crippen LogP contribution is 2.34. The number of sulfonamides is 1. The van der Waals surface area contributed by atoms with Crippen LogP contribution in [0.4, 0.5) is 0 Å². The highest BCUT2D eigenvalue weighted by Gasteiger charge is 2.27. The summed E-state index contributed by atoms with van der Waals surface area (Å²) in [5.74, 6) is 1.56. The zero-order valence-corrected chi connectivity index (χ0v) is 18.6. The smallest absolute Gasteiger partial charge is 0.251 e. The van der Waals surface area contributed by atoms with Crippen LogP contribution in [-0.4, -0.2) is 50.1 Å². The molecule has 3 heterocycles. The number of nitrogens with zero attached hydrogens (tertiary/aromatic N) is 2. The third kappa shape index (κ3) is 4.44. The highest BCUT2D eigenvalue weighted by molar-refractivity contribution is 7.89. The van der Waals surface area contributed by atoms with Crippen LogP contribution < -0.4 is 14.8 Å². The van der Waals surface area contributed by atoms with E-state index in [9.17, 15) is 13.2 Å². The van der Waals surface area contributed by atoms with Gasteiger partial charge in [0.15, 0.2) is 17.3 Å². The van der Waals surface area contributed by atoms with E-state index in [0.717, 1.165) is 18.4 Å². The van der Waals surface area contributed by atoms with E-state index in [1.54, 1.807) is 6.07 Å². The minimum Gasteiger partial charge on any atom is -0.486 e. The lowest BCUT2D eigenvalue weighted by atomic mass is 10.1. The molecular formula is C23H23N3O6S. The lowest BCUT2D eigenvalue weighted by molar-refractivity contribution is 0.0950. The number of nitrogens with one attached hydrogen (secondary N) is 1. The summed E-state index contributed by atoms with van der Waals surface area (Å²) in [4.78, 5) is 12.7. The quantitative estimate of drug-likeness (QED) is 0.591. The summed E-state index contributed by atoms with van der Waals surface area (Å²) in [5.41, 5.74) is 1.71. The Kier molecular flexibility index (Phi) is 5.77. The Morgan fingerprint density at radius 3 is 2.45 bits per heavy atom. The van der Waals surface area contributed by atoms with Gasteiger partial charge in [0, 0.05) is 30.3 Å². The van der Waals surface area contributed by atoms with Crippen LogP contribution in [0.1, 0.15) is 28.9 Å². The maximum absolute atomic E-state index is 12.6. The summed E-state index contributed by atoms with van der Waals surface area (Å²) in [6.45, 7) is 2.26. The second kappa shape index (κ2) is 8.87. The molecule has 1 N–H and O–H groups in total. The average molecular weight is 470 g/mol. The number of fused-ring (bicyclic) bond motifs is 1. The van der Waals surface area contributed by atoms with Crippen molar-refractivity contribution in [2.45, 2.75) is 24.3 Å². The summed E-state index contributed by atoms with van der Waals surface area (Å²) < 4.78 is 43.2. The zero-order chi connectivity index (χ0) is 22.8. The molecule has 0 saturated carbocycles. The summed E-state index contributed by atoms with van der Waals surface area (Å²) in [6.07, 6.45) is 1.75. The molecule has 2 aromatic carbocycles. The van der Waals surface area contributed by atoms with E-state index in [-0.39, 0.29) is 17.3 Å². The first-order valence-electron chi connectivity index (χ1n) is 10.7. The fraction of sp³-hybridized carbons (Fsp3) is 0.304. The number of benzene rings is 2. The Balaban J connectivity index is 1.21. The van der Waals surface area contributed by atoms with Gasteiger partial charge in [0.1, 0.15) is 18.9 Å². The average Bonchev–Trinajstić information content (AvgIpc) is 3.55. The molecule has 33 heavy (non-hydrogen) atoms. The van der Waals surface area contributed by atoms with Crippen LogP contribution in [-0.2, 0) is 16.6 Å². The summed E-state index contributed by atoms with van der Waals surface area (Å²) in [7, 11) is -3.50. The number of hydrogen-bond donors (Lipinski definition) is 1. The van der Waals surface area contributed by atoms with Crippen LogP contribution in [0.15, 0.2) is 57.9 Å². The molecule has 9 nitrogen and oxygen atoms in total. The second-order valence-corrected chi connectivity index (χ2v) is 9.80. The van der Waals surface area contributed by atoms with Crippen molar-refractivity contribution >= 4 is 15.9 Å². The van der Waals surface area contributed by atoms with Gasteiger partial charge in [-0.25, -0.2) is 8.42 Å². The van der Waals surface area contributed by atoms with Gasteiger partial charge in [-0.3, -0.25) is 4.79 Å². The van der Waals surface area contributed by atoms with Gasteiger partial charge in [0.25, 0.3) is 5.91 Å².